The van der Waals surface area contributed by atoms with Crippen molar-refractivity contribution in [3.63, 3.8) is 0 Å². The summed E-state index contributed by atoms with van der Waals surface area (Å²) in [5.74, 6) is -1.53. The lowest BCUT2D eigenvalue weighted by Crippen LogP contribution is -2.44. The topological polar surface area (TPSA) is 135 Å². The maximum absolute atomic E-state index is 12.3. The zero-order valence-electron chi connectivity index (χ0n) is 22.1. The molecule has 0 unspecified atom stereocenters. The van der Waals surface area contributed by atoms with E-state index < -0.39 is 36.1 Å². The molecule has 0 spiro atoms. The minimum absolute atomic E-state index is 0.0159. The minimum Gasteiger partial charge on any atom is -0.460 e. The third-order valence-electron chi connectivity index (χ3n) is 5.47. The first-order chi connectivity index (χ1) is 18.1. The molecule has 0 radical (unpaired) electrons. The van der Waals surface area contributed by atoms with Gasteiger partial charge in [0.05, 0.1) is 12.1 Å². The highest BCUT2D eigenvalue weighted by molar-refractivity contribution is 5.92. The molecule has 0 saturated carbocycles. The minimum atomic E-state index is -0.751. The number of ether oxygens (including phenoxy) is 2. The van der Waals surface area contributed by atoms with Gasteiger partial charge in [-0.15, -0.1) is 0 Å². The summed E-state index contributed by atoms with van der Waals surface area (Å²) in [5, 5.41) is 11.0. The Bertz CT molecular complexity index is 988. The van der Waals surface area contributed by atoms with Gasteiger partial charge in [-0.2, -0.15) is 0 Å². The molecule has 2 atom stereocenters. The van der Waals surface area contributed by atoms with Crippen molar-refractivity contribution in [2.75, 3.05) is 23.8 Å². The zero-order chi connectivity index (χ0) is 27.9. The van der Waals surface area contributed by atoms with E-state index in [1.54, 1.807) is 48.5 Å². The number of nitrogens with one attached hydrogen (secondary N) is 4. The summed E-state index contributed by atoms with van der Waals surface area (Å²) in [6, 6.07) is 16.2. The highest BCUT2D eigenvalue weighted by Gasteiger charge is 2.19. The number of rotatable bonds is 12. The summed E-state index contributed by atoms with van der Waals surface area (Å²) >= 11 is 0. The maximum atomic E-state index is 12.3. The van der Waals surface area contributed by atoms with Crippen LogP contribution in [0.2, 0.25) is 0 Å². The largest absolute Gasteiger partial charge is 0.460 e. The molecule has 0 fully saturated rings. The predicted molar refractivity (Wildman–Crippen MR) is 146 cm³/mol. The van der Waals surface area contributed by atoms with Crippen LogP contribution in [0.4, 0.5) is 21.0 Å². The molecule has 10 heteroatoms. The normalized spacial score (nSPS) is 12.5. The second-order valence-electron chi connectivity index (χ2n) is 9.22. The molecule has 4 amide bonds. The van der Waals surface area contributed by atoms with Crippen molar-refractivity contribution >= 4 is 35.4 Å². The number of para-hydroxylation sites is 2. The molecule has 0 aliphatic carbocycles. The van der Waals surface area contributed by atoms with Crippen molar-refractivity contribution in [2.24, 2.45) is 11.8 Å². The standard InChI is InChI=1S/C28H36N4O6/c1-19(2)23(31-27(35)29-21-11-7-5-8-12-21)17-37-25(33)15-16-26(34)38-18-24(20(3)4)32-28(36)30-22-13-9-6-10-14-22/h5-16,19-20,23-24H,17-18H2,1-4H3,(H2,29,31,35)(H2,30,32,36)/b16-15+/t23-,24-/m1/s1. The first-order valence-corrected chi connectivity index (χ1v) is 12.4. The van der Waals surface area contributed by atoms with Gasteiger partial charge in [-0.25, -0.2) is 19.2 Å². The number of amides is 4. The average Bonchev–Trinajstić information content (AvgIpc) is 2.88. The van der Waals surface area contributed by atoms with Gasteiger partial charge in [-0.05, 0) is 36.1 Å². The third-order valence-corrected chi connectivity index (χ3v) is 5.47. The second kappa shape index (κ2) is 15.7. The summed E-state index contributed by atoms with van der Waals surface area (Å²) < 4.78 is 10.4. The van der Waals surface area contributed by atoms with E-state index >= 15 is 0 Å². The van der Waals surface area contributed by atoms with E-state index in [2.05, 4.69) is 21.3 Å². The number of hydrogen-bond donors (Lipinski definition) is 4. The Kier molecular flexibility index (Phi) is 12.4. The van der Waals surface area contributed by atoms with Crippen LogP contribution in [0.1, 0.15) is 27.7 Å². The van der Waals surface area contributed by atoms with Crippen LogP contribution in [0.3, 0.4) is 0 Å². The Balaban J connectivity index is 1.76. The van der Waals surface area contributed by atoms with E-state index in [0.717, 1.165) is 12.2 Å². The van der Waals surface area contributed by atoms with Crippen molar-refractivity contribution in [1.82, 2.24) is 10.6 Å². The highest BCUT2D eigenvalue weighted by Crippen LogP contribution is 2.08. The zero-order valence-corrected chi connectivity index (χ0v) is 22.1. The number of benzene rings is 2. The Labute approximate surface area is 223 Å². The Hall–Kier alpha value is -4.34. The van der Waals surface area contributed by atoms with Crippen LogP contribution >= 0.6 is 0 Å². The first kappa shape index (κ1) is 29.9. The fraction of sp³-hybridized carbons (Fsp3) is 0.357. The molecule has 10 nitrogen and oxygen atoms in total. The molecule has 2 aromatic carbocycles. The molecule has 0 aliphatic rings. The van der Waals surface area contributed by atoms with Gasteiger partial charge in [-0.1, -0.05) is 64.1 Å². The Morgan fingerprint density at radius 1 is 0.632 bits per heavy atom. The SMILES string of the molecule is CC(C)[C@@H](COC(=O)/C=C/C(=O)OC[C@@H](NC(=O)Nc1ccccc1)C(C)C)NC(=O)Nc1ccccc1. The quantitative estimate of drug-likeness (QED) is 0.241. The summed E-state index contributed by atoms with van der Waals surface area (Å²) in [5.41, 5.74) is 1.27. The van der Waals surface area contributed by atoms with Crippen molar-refractivity contribution in [3.8, 4) is 0 Å². The van der Waals surface area contributed by atoms with Crippen LogP contribution in [0.15, 0.2) is 72.8 Å². The molecule has 4 N–H and O–H groups in total. The molecule has 0 heterocycles. The molecule has 0 saturated heterocycles. The molecule has 2 aromatic rings. The van der Waals surface area contributed by atoms with E-state index in [1.807, 2.05) is 39.8 Å². The fourth-order valence-corrected chi connectivity index (χ4v) is 3.09. The van der Waals surface area contributed by atoms with E-state index in [0.29, 0.717) is 11.4 Å². The van der Waals surface area contributed by atoms with Gasteiger partial charge >= 0.3 is 24.0 Å². The van der Waals surface area contributed by atoms with Crippen LogP contribution in [0, 0.1) is 11.8 Å². The number of hydrogen-bond acceptors (Lipinski definition) is 6. The van der Waals surface area contributed by atoms with Gasteiger partial charge in [0.15, 0.2) is 0 Å². The van der Waals surface area contributed by atoms with E-state index in [-0.39, 0.29) is 25.0 Å². The summed E-state index contributed by atoms with van der Waals surface area (Å²) in [7, 11) is 0. The van der Waals surface area contributed by atoms with E-state index in [4.69, 9.17) is 9.47 Å². The van der Waals surface area contributed by atoms with Gasteiger partial charge in [-0.3, -0.25) is 0 Å². The molecule has 204 valence electrons. The lowest BCUT2D eigenvalue weighted by molar-refractivity contribution is -0.141. The van der Waals surface area contributed by atoms with Gasteiger partial charge in [0.1, 0.15) is 13.2 Å². The van der Waals surface area contributed by atoms with Crippen molar-refractivity contribution in [1.29, 1.82) is 0 Å². The molecular weight excluding hydrogens is 488 g/mol. The summed E-state index contributed by atoms with van der Waals surface area (Å²) in [6.07, 6.45) is 1.92. The summed E-state index contributed by atoms with van der Waals surface area (Å²) in [4.78, 5) is 48.7. The molecule has 0 aromatic heterocycles. The summed E-state index contributed by atoms with van der Waals surface area (Å²) in [6.45, 7) is 7.38. The van der Waals surface area contributed by atoms with Crippen LogP contribution in [-0.2, 0) is 19.1 Å². The molecule has 0 bridgehead atoms. The van der Waals surface area contributed by atoms with Gasteiger partial charge in [0.25, 0.3) is 0 Å². The lowest BCUT2D eigenvalue weighted by atomic mass is 10.1. The number of carbonyl (C=O) groups excluding carboxylic acids is 4. The maximum Gasteiger partial charge on any atom is 0.331 e. The third kappa shape index (κ3) is 11.6. The van der Waals surface area contributed by atoms with Crippen LogP contribution < -0.4 is 21.3 Å². The van der Waals surface area contributed by atoms with Crippen LogP contribution in [0.5, 0.6) is 0 Å². The predicted octanol–water partition coefficient (Wildman–Crippen LogP) is 4.32. The molecule has 38 heavy (non-hydrogen) atoms. The Morgan fingerprint density at radius 2 is 0.974 bits per heavy atom. The molecular formula is C28H36N4O6. The van der Waals surface area contributed by atoms with E-state index in [1.165, 1.54) is 0 Å². The second-order valence-corrected chi connectivity index (χ2v) is 9.22. The lowest BCUT2D eigenvalue weighted by Gasteiger charge is -2.22. The number of anilines is 2. The highest BCUT2D eigenvalue weighted by atomic mass is 16.5. The van der Waals surface area contributed by atoms with Gasteiger partial charge in [0.2, 0.25) is 0 Å². The van der Waals surface area contributed by atoms with E-state index in [9.17, 15) is 19.2 Å². The smallest absolute Gasteiger partial charge is 0.331 e. The van der Waals surface area contributed by atoms with Crippen LogP contribution in [-0.4, -0.2) is 49.3 Å². The monoisotopic (exact) mass is 524 g/mol. The average molecular weight is 525 g/mol. The van der Waals surface area contributed by atoms with Gasteiger partial charge < -0.3 is 30.7 Å². The molecule has 2 rings (SSSR count). The van der Waals surface area contributed by atoms with Crippen LogP contribution in [0.25, 0.3) is 0 Å². The number of esters is 2. The fourth-order valence-electron chi connectivity index (χ4n) is 3.09. The van der Waals surface area contributed by atoms with Crippen molar-refractivity contribution in [3.05, 3.63) is 72.8 Å². The number of urea groups is 2. The molecule has 0 aliphatic heterocycles. The Morgan fingerprint density at radius 3 is 1.29 bits per heavy atom. The number of carbonyl (C=O) groups is 4. The van der Waals surface area contributed by atoms with Gasteiger partial charge in [0, 0.05) is 23.5 Å². The van der Waals surface area contributed by atoms with Crippen molar-refractivity contribution in [2.45, 2.75) is 39.8 Å². The van der Waals surface area contributed by atoms with Crippen molar-refractivity contribution < 1.29 is 28.7 Å². The first-order valence-electron chi connectivity index (χ1n) is 12.4.